The average Bonchev–Trinajstić information content (AvgIpc) is 2.81. The summed E-state index contributed by atoms with van der Waals surface area (Å²) in [5.74, 6) is -0.712. The Morgan fingerprint density at radius 2 is 1.87 bits per heavy atom. The quantitative estimate of drug-likeness (QED) is 0.606. The van der Waals surface area contributed by atoms with Crippen LogP contribution in [0.2, 0.25) is 0 Å². The Labute approximate surface area is 177 Å². The summed E-state index contributed by atoms with van der Waals surface area (Å²) in [7, 11) is 1.30. The number of nitrogens with zero attached hydrogens (tertiary/aromatic N) is 3. The van der Waals surface area contributed by atoms with Gasteiger partial charge in [-0.15, -0.1) is 13.2 Å². The molecular weight excluding hydrogens is 380 g/mol. The number of piperidine rings is 1. The fraction of sp³-hybridized carbons (Fsp3) is 0.304. The van der Waals surface area contributed by atoms with Crippen LogP contribution in [0, 0.1) is 11.3 Å². The van der Waals surface area contributed by atoms with Crippen molar-refractivity contribution in [1.29, 1.82) is 5.26 Å². The van der Waals surface area contributed by atoms with Gasteiger partial charge in [-0.05, 0) is 42.7 Å². The van der Waals surface area contributed by atoms with E-state index < -0.39 is 5.97 Å². The van der Waals surface area contributed by atoms with Crippen LogP contribution < -0.4 is 5.32 Å². The minimum absolute atomic E-state index is 0.104. The van der Waals surface area contributed by atoms with Crippen molar-refractivity contribution >= 4 is 11.9 Å². The van der Waals surface area contributed by atoms with E-state index in [0.29, 0.717) is 11.1 Å². The van der Waals surface area contributed by atoms with Gasteiger partial charge >= 0.3 is 5.97 Å². The summed E-state index contributed by atoms with van der Waals surface area (Å²) < 4.78 is 4.62. The Morgan fingerprint density at radius 1 is 1.20 bits per heavy atom. The summed E-state index contributed by atoms with van der Waals surface area (Å²) in [5, 5.41) is 11.9. The highest BCUT2D eigenvalue weighted by Gasteiger charge is 2.22. The van der Waals surface area contributed by atoms with Gasteiger partial charge in [0.25, 0.3) is 5.91 Å². The molecule has 0 bridgehead atoms. The third-order valence-electron chi connectivity index (χ3n) is 4.83. The number of benzene rings is 1. The first-order valence-electron chi connectivity index (χ1n) is 9.65. The summed E-state index contributed by atoms with van der Waals surface area (Å²) >= 11 is 0. The van der Waals surface area contributed by atoms with Crippen LogP contribution >= 0.6 is 0 Å². The van der Waals surface area contributed by atoms with Crippen LogP contribution in [0.1, 0.15) is 44.8 Å². The number of hydrogen-bond acceptors (Lipinski definition) is 6. The molecule has 0 saturated carbocycles. The van der Waals surface area contributed by atoms with E-state index in [-0.39, 0.29) is 17.6 Å². The van der Waals surface area contributed by atoms with E-state index in [1.54, 1.807) is 0 Å². The van der Waals surface area contributed by atoms with Crippen LogP contribution in [0.5, 0.6) is 0 Å². The topological polar surface area (TPSA) is 95.3 Å². The number of aromatic nitrogens is 1. The molecule has 0 spiro atoms. The second-order valence-corrected chi connectivity index (χ2v) is 6.76. The Morgan fingerprint density at radius 3 is 2.40 bits per heavy atom. The lowest BCUT2D eigenvalue weighted by Gasteiger charge is -2.32. The molecule has 1 aromatic heterocycles. The van der Waals surface area contributed by atoms with Crippen molar-refractivity contribution in [1.82, 2.24) is 15.2 Å². The SMILES string of the molecule is C=C.COC(=O)c1ccc(C(=O)NC2CCN(Cc3ccc(C#N)cc3)CC2)nc1. The Hall–Kier alpha value is -3.50. The van der Waals surface area contributed by atoms with Crippen molar-refractivity contribution in [3.63, 3.8) is 0 Å². The number of nitriles is 1. The molecule has 1 amide bonds. The van der Waals surface area contributed by atoms with Gasteiger partial charge in [0.05, 0.1) is 24.3 Å². The normalized spacial score (nSPS) is 14.0. The van der Waals surface area contributed by atoms with Crippen LogP contribution in [-0.4, -0.2) is 48.0 Å². The molecule has 1 N–H and O–H groups in total. The highest BCUT2D eigenvalue weighted by Crippen LogP contribution is 2.15. The lowest BCUT2D eigenvalue weighted by atomic mass is 10.0. The predicted molar refractivity (Wildman–Crippen MR) is 114 cm³/mol. The number of esters is 1. The fourth-order valence-corrected chi connectivity index (χ4v) is 3.20. The number of rotatable bonds is 5. The number of likely N-dealkylation sites (tertiary alicyclic amines) is 1. The molecule has 3 rings (SSSR count). The summed E-state index contributed by atoms with van der Waals surface area (Å²) in [6.45, 7) is 8.61. The first-order chi connectivity index (χ1) is 14.6. The minimum Gasteiger partial charge on any atom is -0.465 e. The third-order valence-corrected chi connectivity index (χ3v) is 4.83. The Kier molecular flexibility index (Phi) is 8.73. The molecule has 1 aliphatic heterocycles. The molecule has 1 aromatic carbocycles. The summed E-state index contributed by atoms with van der Waals surface area (Å²) in [6, 6.07) is 12.9. The largest absolute Gasteiger partial charge is 0.465 e. The first-order valence-corrected chi connectivity index (χ1v) is 9.65. The van der Waals surface area contributed by atoms with Crippen molar-refractivity contribution in [2.75, 3.05) is 20.2 Å². The third kappa shape index (κ3) is 6.26. The highest BCUT2D eigenvalue weighted by molar-refractivity contribution is 5.94. The molecule has 0 aliphatic carbocycles. The lowest BCUT2D eigenvalue weighted by molar-refractivity contribution is 0.0599. The van der Waals surface area contributed by atoms with Gasteiger partial charge in [-0.2, -0.15) is 5.26 Å². The van der Waals surface area contributed by atoms with Crippen LogP contribution in [0.25, 0.3) is 0 Å². The molecule has 0 unspecified atom stereocenters. The molecule has 7 nitrogen and oxygen atoms in total. The van der Waals surface area contributed by atoms with Crippen molar-refractivity contribution < 1.29 is 14.3 Å². The van der Waals surface area contributed by atoms with E-state index in [0.717, 1.165) is 32.5 Å². The number of hydrogen-bond donors (Lipinski definition) is 1. The number of nitrogens with one attached hydrogen (secondary N) is 1. The van der Waals surface area contributed by atoms with E-state index in [9.17, 15) is 9.59 Å². The van der Waals surface area contributed by atoms with Gasteiger partial charge in [0, 0.05) is 31.9 Å². The second-order valence-electron chi connectivity index (χ2n) is 6.76. The predicted octanol–water partition coefficient (Wildman–Crippen LogP) is 2.94. The van der Waals surface area contributed by atoms with Gasteiger partial charge in [-0.3, -0.25) is 14.7 Å². The molecular formula is C23H26N4O3. The standard InChI is InChI=1S/C21H22N4O3.C2H4/c1-28-21(27)17-6-7-19(23-13-17)20(26)24-18-8-10-25(11-9-18)14-16-4-2-15(12-22)3-5-16;1-2/h2-7,13,18H,8-11,14H2,1H3,(H,24,26);1-2H2. The summed E-state index contributed by atoms with van der Waals surface area (Å²) in [5.41, 5.74) is 2.44. The van der Waals surface area contributed by atoms with Crippen molar-refractivity contribution in [3.05, 3.63) is 78.1 Å². The molecule has 2 heterocycles. The van der Waals surface area contributed by atoms with Gasteiger partial charge in [0.15, 0.2) is 0 Å². The number of carbonyl (C=O) groups excluding carboxylic acids is 2. The van der Waals surface area contributed by atoms with Gasteiger partial charge in [0.2, 0.25) is 0 Å². The zero-order chi connectivity index (χ0) is 21.9. The average molecular weight is 406 g/mol. The number of amides is 1. The van der Waals surface area contributed by atoms with Crippen LogP contribution in [0.4, 0.5) is 0 Å². The molecule has 1 saturated heterocycles. The van der Waals surface area contributed by atoms with E-state index in [1.807, 2.05) is 24.3 Å². The van der Waals surface area contributed by atoms with Gasteiger partial charge in [-0.25, -0.2) is 4.79 Å². The number of methoxy groups -OCH3 is 1. The van der Waals surface area contributed by atoms with Crippen LogP contribution in [0.15, 0.2) is 55.8 Å². The van der Waals surface area contributed by atoms with Gasteiger partial charge in [-0.1, -0.05) is 12.1 Å². The second kappa shape index (κ2) is 11.5. The maximum atomic E-state index is 12.4. The lowest BCUT2D eigenvalue weighted by Crippen LogP contribution is -2.44. The highest BCUT2D eigenvalue weighted by atomic mass is 16.5. The fourth-order valence-electron chi connectivity index (χ4n) is 3.20. The van der Waals surface area contributed by atoms with E-state index in [2.05, 4.69) is 39.2 Å². The smallest absolute Gasteiger partial charge is 0.339 e. The summed E-state index contributed by atoms with van der Waals surface area (Å²) in [6.07, 6.45) is 3.07. The zero-order valence-corrected chi connectivity index (χ0v) is 17.1. The number of ether oxygens (including phenoxy) is 1. The molecule has 7 heteroatoms. The molecule has 2 aromatic rings. The molecule has 0 atom stereocenters. The van der Waals surface area contributed by atoms with Gasteiger partial charge < -0.3 is 10.1 Å². The van der Waals surface area contributed by atoms with E-state index in [1.165, 1.54) is 31.0 Å². The van der Waals surface area contributed by atoms with E-state index in [4.69, 9.17) is 5.26 Å². The van der Waals surface area contributed by atoms with Crippen molar-refractivity contribution in [2.45, 2.75) is 25.4 Å². The monoisotopic (exact) mass is 406 g/mol. The first kappa shape index (κ1) is 22.8. The molecule has 0 radical (unpaired) electrons. The van der Waals surface area contributed by atoms with E-state index >= 15 is 0 Å². The maximum Gasteiger partial charge on any atom is 0.339 e. The van der Waals surface area contributed by atoms with Crippen molar-refractivity contribution in [3.8, 4) is 6.07 Å². The minimum atomic E-state index is -0.478. The Balaban J connectivity index is 0.00000155. The van der Waals surface area contributed by atoms with Crippen LogP contribution in [0.3, 0.4) is 0 Å². The molecule has 1 aliphatic rings. The Bertz CT molecular complexity index is 880. The molecule has 1 fully saturated rings. The zero-order valence-electron chi connectivity index (χ0n) is 17.1. The number of pyridine rings is 1. The summed E-state index contributed by atoms with van der Waals surface area (Å²) in [4.78, 5) is 30.2. The van der Waals surface area contributed by atoms with Gasteiger partial charge in [0.1, 0.15) is 5.69 Å². The number of carbonyl (C=O) groups is 2. The van der Waals surface area contributed by atoms with Crippen molar-refractivity contribution in [2.24, 2.45) is 0 Å². The molecule has 30 heavy (non-hydrogen) atoms. The molecule has 156 valence electrons. The van der Waals surface area contributed by atoms with Crippen LogP contribution in [-0.2, 0) is 11.3 Å². The maximum absolute atomic E-state index is 12.4.